The smallest absolute Gasteiger partial charge is 0.254 e. The van der Waals surface area contributed by atoms with E-state index in [2.05, 4.69) is 30.3 Å². The Labute approximate surface area is 130 Å². The zero-order valence-corrected chi connectivity index (χ0v) is 14.4. The molecule has 1 saturated carbocycles. The molecule has 0 bridgehead atoms. The Morgan fingerprint density at radius 2 is 2.00 bits per heavy atom. The number of rotatable bonds is 4. The number of thiazole rings is 1. The summed E-state index contributed by atoms with van der Waals surface area (Å²) in [7, 11) is 1.69. The van der Waals surface area contributed by atoms with Crippen molar-refractivity contribution in [2.45, 2.75) is 59.4 Å². The van der Waals surface area contributed by atoms with E-state index in [9.17, 15) is 4.79 Å². The van der Waals surface area contributed by atoms with Crippen LogP contribution in [0.25, 0.3) is 0 Å². The number of hydrogen-bond donors (Lipinski definition) is 0. The molecule has 0 aromatic carbocycles. The molecule has 118 valence electrons. The SMILES string of the molecule is COCCn1c(C)c(C)s/c1=N\C(=O)C1(C)CCCCC1. The average Bonchev–Trinajstić information content (AvgIpc) is 2.72. The fourth-order valence-corrected chi connectivity index (χ4v) is 3.90. The summed E-state index contributed by atoms with van der Waals surface area (Å²) in [5.74, 6) is 0.0506. The van der Waals surface area contributed by atoms with E-state index in [-0.39, 0.29) is 11.3 Å². The van der Waals surface area contributed by atoms with Crippen LogP contribution in [0, 0.1) is 19.3 Å². The third kappa shape index (κ3) is 3.64. The average molecular weight is 310 g/mol. The van der Waals surface area contributed by atoms with Crippen LogP contribution in [0.4, 0.5) is 0 Å². The molecule has 1 aromatic rings. The van der Waals surface area contributed by atoms with Crippen molar-refractivity contribution < 1.29 is 9.53 Å². The van der Waals surface area contributed by atoms with Crippen LogP contribution in [0.15, 0.2) is 4.99 Å². The Kier molecular flexibility index (Phi) is 5.38. The molecule has 2 rings (SSSR count). The van der Waals surface area contributed by atoms with Crippen molar-refractivity contribution in [3.63, 3.8) is 0 Å². The maximum Gasteiger partial charge on any atom is 0.254 e. The number of methoxy groups -OCH3 is 1. The number of ether oxygens (including phenoxy) is 1. The summed E-state index contributed by atoms with van der Waals surface area (Å²) in [5, 5.41) is 0. The molecular weight excluding hydrogens is 284 g/mol. The van der Waals surface area contributed by atoms with Gasteiger partial charge in [-0.2, -0.15) is 4.99 Å². The molecule has 0 spiro atoms. The van der Waals surface area contributed by atoms with Crippen LogP contribution < -0.4 is 4.80 Å². The molecule has 0 N–H and O–H groups in total. The minimum absolute atomic E-state index is 0.0506. The van der Waals surface area contributed by atoms with Crippen molar-refractivity contribution in [1.29, 1.82) is 0 Å². The molecule has 21 heavy (non-hydrogen) atoms. The molecule has 5 heteroatoms. The van der Waals surface area contributed by atoms with Crippen LogP contribution in [0.3, 0.4) is 0 Å². The topological polar surface area (TPSA) is 43.6 Å². The highest BCUT2D eigenvalue weighted by Crippen LogP contribution is 2.36. The third-order valence-electron chi connectivity index (χ3n) is 4.58. The molecule has 0 atom stereocenters. The van der Waals surface area contributed by atoms with Gasteiger partial charge < -0.3 is 9.30 Å². The van der Waals surface area contributed by atoms with Gasteiger partial charge in [-0.25, -0.2) is 0 Å². The number of carbonyl (C=O) groups is 1. The van der Waals surface area contributed by atoms with Crippen molar-refractivity contribution in [3.05, 3.63) is 15.4 Å². The summed E-state index contributed by atoms with van der Waals surface area (Å²) in [5.41, 5.74) is 0.917. The van der Waals surface area contributed by atoms with Gasteiger partial charge in [-0.3, -0.25) is 4.79 Å². The second kappa shape index (κ2) is 6.88. The van der Waals surface area contributed by atoms with Gasteiger partial charge in [0.25, 0.3) is 5.91 Å². The van der Waals surface area contributed by atoms with Crippen molar-refractivity contribution in [2.24, 2.45) is 10.4 Å². The Bertz CT molecular complexity index is 565. The maximum atomic E-state index is 12.6. The van der Waals surface area contributed by atoms with Crippen LogP contribution in [0.2, 0.25) is 0 Å². The summed E-state index contributed by atoms with van der Waals surface area (Å²) in [6.07, 6.45) is 5.47. The first-order valence-electron chi connectivity index (χ1n) is 7.73. The number of aromatic nitrogens is 1. The zero-order chi connectivity index (χ0) is 15.5. The summed E-state index contributed by atoms with van der Waals surface area (Å²) in [6.45, 7) is 7.61. The van der Waals surface area contributed by atoms with Crippen LogP contribution in [0.5, 0.6) is 0 Å². The van der Waals surface area contributed by atoms with Gasteiger partial charge in [0.15, 0.2) is 4.80 Å². The second-order valence-electron chi connectivity index (χ2n) is 6.21. The highest BCUT2D eigenvalue weighted by Gasteiger charge is 2.34. The minimum atomic E-state index is -0.261. The largest absolute Gasteiger partial charge is 0.383 e. The fourth-order valence-electron chi connectivity index (χ4n) is 2.90. The highest BCUT2D eigenvalue weighted by atomic mass is 32.1. The lowest BCUT2D eigenvalue weighted by molar-refractivity contribution is -0.128. The van der Waals surface area contributed by atoms with Gasteiger partial charge >= 0.3 is 0 Å². The van der Waals surface area contributed by atoms with E-state index < -0.39 is 0 Å². The van der Waals surface area contributed by atoms with Gasteiger partial charge in [0.2, 0.25) is 0 Å². The van der Waals surface area contributed by atoms with E-state index in [1.54, 1.807) is 18.4 Å². The van der Waals surface area contributed by atoms with Gasteiger partial charge in [0, 0.05) is 29.6 Å². The number of nitrogens with zero attached hydrogens (tertiary/aromatic N) is 2. The normalized spacial score (nSPS) is 19.0. The van der Waals surface area contributed by atoms with Crippen molar-refractivity contribution in [2.75, 3.05) is 13.7 Å². The number of amides is 1. The highest BCUT2D eigenvalue weighted by molar-refractivity contribution is 7.09. The van der Waals surface area contributed by atoms with E-state index in [0.717, 1.165) is 37.0 Å². The first-order valence-corrected chi connectivity index (χ1v) is 8.54. The molecule has 1 aromatic heterocycles. The van der Waals surface area contributed by atoms with Crippen LogP contribution in [0.1, 0.15) is 49.6 Å². The van der Waals surface area contributed by atoms with E-state index in [1.807, 2.05) is 0 Å². The first kappa shape index (κ1) is 16.4. The Hall–Kier alpha value is -0.940. The predicted molar refractivity (Wildman–Crippen MR) is 85.4 cm³/mol. The van der Waals surface area contributed by atoms with E-state index in [0.29, 0.717) is 6.61 Å². The monoisotopic (exact) mass is 310 g/mol. The first-order chi connectivity index (χ1) is 9.98. The van der Waals surface area contributed by atoms with Gasteiger partial charge in [-0.05, 0) is 26.7 Å². The summed E-state index contributed by atoms with van der Waals surface area (Å²) < 4.78 is 7.27. The fraction of sp³-hybridized carbons (Fsp3) is 0.750. The third-order valence-corrected chi connectivity index (χ3v) is 5.68. The quantitative estimate of drug-likeness (QED) is 0.857. The van der Waals surface area contributed by atoms with Gasteiger partial charge in [0.05, 0.1) is 6.61 Å². The Balaban J connectivity index is 2.31. The lowest BCUT2D eigenvalue weighted by Gasteiger charge is -2.29. The molecule has 1 aliphatic carbocycles. The molecular formula is C16H26N2O2S. The van der Waals surface area contributed by atoms with Crippen molar-refractivity contribution in [1.82, 2.24) is 4.57 Å². The lowest BCUT2D eigenvalue weighted by Crippen LogP contribution is -2.31. The lowest BCUT2D eigenvalue weighted by atomic mass is 9.75. The summed E-state index contributed by atoms with van der Waals surface area (Å²) >= 11 is 1.60. The number of hydrogen-bond acceptors (Lipinski definition) is 3. The molecule has 1 heterocycles. The van der Waals surface area contributed by atoms with Crippen LogP contribution in [-0.2, 0) is 16.1 Å². The standard InChI is InChI=1S/C16H26N2O2S/c1-12-13(2)21-15(18(12)10-11-20-4)17-14(19)16(3)8-6-5-7-9-16/h5-11H2,1-4H3/b17-15-. The number of aryl methyl sites for hydroxylation is 1. The predicted octanol–water partition coefficient (Wildman–Crippen LogP) is 3.21. The summed E-state index contributed by atoms with van der Waals surface area (Å²) in [6, 6.07) is 0. The molecule has 0 radical (unpaired) electrons. The van der Waals surface area contributed by atoms with E-state index in [4.69, 9.17) is 4.74 Å². The minimum Gasteiger partial charge on any atom is -0.383 e. The van der Waals surface area contributed by atoms with E-state index >= 15 is 0 Å². The molecule has 0 aliphatic heterocycles. The second-order valence-corrected chi connectivity index (χ2v) is 7.39. The Morgan fingerprint density at radius 3 is 2.62 bits per heavy atom. The van der Waals surface area contributed by atoms with Crippen LogP contribution in [-0.4, -0.2) is 24.2 Å². The molecule has 1 amide bonds. The zero-order valence-electron chi connectivity index (χ0n) is 13.6. The molecule has 0 unspecified atom stereocenters. The van der Waals surface area contributed by atoms with Gasteiger partial charge in [-0.1, -0.05) is 26.2 Å². The molecule has 1 aliphatic rings. The molecule has 1 fully saturated rings. The van der Waals surface area contributed by atoms with E-state index in [1.165, 1.54) is 17.0 Å². The molecule has 0 saturated heterocycles. The van der Waals surface area contributed by atoms with Crippen molar-refractivity contribution >= 4 is 17.2 Å². The van der Waals surface area contributed by atoms with Crippen molar-refractivity contribution in [3.8, 4) is 0 Å². The van der Waals surface area contributed by atoms with Gasteiger partial charge in [0.1, 0.15) is 0 Å². The van der Waals surface area contributed by atoms with Gasteiger partial charge in [-0.15, -0.1) is 11.3 Å². The number of carbonyl (C=O) groups excluding carboxylic acids is 1. The Morgan fingerprint density at radius 1 is 1.33 bits per heavy atom. The van der Waals surface area contributed by atoms with Crippen LogP contribution >= 0.6 is 11.3 Å². The summed E-state index contributed by atoms with van der Waals surface area (Å²) in [4.78, 5) is 19.1. The maximum absolute atomic E-state index is 12.6. The molecule has 4 nitrogen and oxygen atoms in total.